The Morgan fingerprint density at radius 3 is 3.10 bits per heavy atom. The largest absolute Gasteiger partial charge is 0.348 e. The van der Waals surface area contributed by atoms with Crippen molar-refractivity contribution in [3.05, 3.63) is 22.4 Å². The van der Waals surface area contributed by atoms with E-state index in [1.165, 1.54) is 17.7 Å². The Kier molecular flexibility index (Phi) is 5.66. The van der Waals surface area contributed by atoms with Crippen LogP contribution in [0.5, 0.6) is 0 Å². The van der Waals surface area contributed by atoms with Gasteiger partial charge in [-0.05, 0) is 49.7 Å². The average Bonchev–Trinajstić information content (AvgIpc) is 3.14. The minimum absolute atomic E-state index is 0. The molecule has 0 aromatic carbocycles. The lowest BCUT2D eigenvalue weighted by Gasteiger charge is -2.23. The van der Waals surface area contributed by atoms with Gasteiger partial charge in [0.25, 0.3) is 0 Å². The molecular weight excluding hydrogens is 306 g/mol. The fourth-order valence-electron chi connectivity index (χ4n) is 3.41. The molecule has 2 atom stereocenters. The van der Waals surface area contributed by atoms with Crippen LogP contribution in [-0.2, 0) is 4.79 Å². The maximum absolute atomic E-state index is 12.1. The molecule has 0 saturated carbocycles. The maximum Gasteiger partial charge on any atom is 0.234 e. The Labute approximate surface area is 136 Å². The fraction of sp³-hybridized carbons (Fsp3) is 0.667. The Hall–Kier alpha value is -0.620. The zero-order valence-corrected chi connectivity index (χ0v) is 14.1. The minimum atomic E-state index is 0. The van der Waals surface area contributed by atoms with Crippen molar-refractivity contribution >= 4 is 29.7 Å². The number of thiophene rings is 1. The third-order valence-corrected chi connectivity index (χ3v) is 5.62. The van der Waals surface area contributed by atoms with Gasteiger partial charge in [-0.3, -0.25) is 9.69 Å². The van der Waals surface area contributed by atoms with Gasteiger partial charge in [0.15, 0.2) is 0 Å². The number of hydrogen-bond donors (Lipinski definition) is 2. The first kappa shape index (κ1) is 16.7. The van der Waals surface area contributed by atoms with Crippen molar-refractivity contribution < 1.29 is 4.79 Å². The molecule has 2 aliphatic heterocycles. The normalized spacial score (nSPS) is 26.7. The first-order valence-corrected chi connectivity index (χ1v) is 8.31. The van der Waals surface area contributed by atoms with E-state index in [0.29, 0.717) is 12.0 Å². The van der Waals surface area contributed by atoms with E-state index in [2.05, 4.69) is 33.9 Å². The lowest BCUT2D eigenvalue weighted by atomic mass is 9.87. The van der Waals surface area contributed by atoms with Gasteiger partial charge < -0.3 is 10.6 Å². The number of halogens is 1. The summed E-state index contributed by atoms with van der Waals surface area (Å²) in [6.45, 7) is 6.98. The highest BCUT2D eigenvalue weighted by molar-refractivity contribution is 7.10. The van der Waals surface area contributed by atoms with Crippen molar-refractivity contribution in [2.24, 2.45) is 5.41 Å². The number of nitrogens with zero attached hydrogens (tertiary/aromatic N) is 1. The van der Waals surface area contributed by atoms with E-state index in [9.17, 15) is 4.79 Å². The van der Waals surface area contributed by atoms with E-state index in [1.54, 1.807) is 11.3 Å². The second-order valence-electron chi connectivity index (χ2n) is 6.19. The SMILES string of the molecule is CC(NC(=O)CN1CCC2(CCNC2)C1)c1cccs1.Cl. The van der Waals surface area contributed by atoms with Crippen LogP contribution in [0.1, 0.15) is 30.7 Å². The summed E-state index contributed by atoms with van der Waals surface area (Å²) in [5, 5.41) is 8.61. The molecule has 0 aliphatic carbocycles. The molecule has 1 spiro atoms. The van der Waals surface area contributed by atoms with Crippen LogP contribution < -0.4 is 10.6 Å². The summed E-state index contributed by atoms with van der Waals surface area (Å²) in [7, 11) is 0. The number of nitrogens with one attached hydrogen (secondary N) is 2. The smallest absolute Gasteiger partial charge is 0.234 e. The van der Waals surface area contributed by atoms with E-state index in [4.69, 9.17) is 0 Å². The molecule has 2 N–H and O–H groups in total. The van der Waals surface area contributed by atoms with Crippen LogP contribution in [0.25, 0.3) is 0 Å². The molecule has 6 heteroatoms. The Morgan fingerprint density at radius 2 is 2.43 bits per heavy atom. The van der Waals surface area contributed by atoms with Crippen LogP contribution in [0, 0.1) is 5.41 Å². The summed E-state index contributed by atoms with van der Waals surface area (Å²) in [5.41, 5.74) is 0.444. The minimum Gasteiger partial charge on any atom is -0.348 e. The van der Waals surface area contributed by atoms with Gasteiger partial charge in [0.1, 0.15) is 0 Å². The quantitative estimate of drug-likeness (QED) is 0.888. The van der Waals surface area contributed by atoms with Gasteiger partial charge in [-0.2, -0.15) is 0 Å². The first-order chi connectivity index (χ1) is 9.67. The van der Waals surface area contributed by atoms with Crippen LogP contribution in [0.15, 0.2) is 17.5 Å². The number of carbonyl (C=O) groups excluding carboxylic acids is 1. The lowest BCUT2D eigenvalue weighted by molar-refractivity contribution is -0.122. The van der Waals surface area contributed by atoms with Gasteiger partial charge in [-0.25, -0.2) is 0 Å². The molecule has 3 heterocycles. The summed E-state index contributed by atoms with van der Waals surface area (Å²) in [6, 6.07) is 4.22. The monoisotopic (exact) mass is 329 g/mol. The van der Waals surface area contributed by atoms with Crippen LogP contribution in [0.4, 0.5) is 0 Å². The lowest BCUT2D eigenvalue weighted by Crippen LogP contribution is -2.38. The first-order valence-electron chi connectivity index (χ1n) is 7.43. The predicted octanol–water partition coefficient (Wildman–Crippen LogP) is 2.03. The molecule has 0 radical (unpaired) electrons. The maximum atomic E-state index is 12.1. The third-order valence-electron chi connectivity index (χ3n) is 4.56. The van der Waals surface area contributed by atoms with Crippen molar-refractivity contribution in [2.75, 3.05) is 32.7 Å². The van der Waals surface area contributed by atoms with E-state index < -0.39 is 0 Å². The summed E-state index contributed by atoms with van der Waals surface area (Å²) < 4.78 is 0. The number of amides is 1. The highest BCUT2D eigenvalue weighted by Gasteiger charge is 2.40. The number of likely N-dealkylation sites (tertiary alicyclic amines) is 1. The standard InChI is InChI=1S/C15H23N3OS.ClH/c1-12(13-3-2-8-20-13)17-14(19)9-18-7-5-15(11-18)4-6-16-10-15;/h2-3,8,12,16H,4-7,9-11H2,1H3,(H,17,19);1H. The molecule has 2 fully saturated rings. The van der Waals surface area contributed by atoms with Gasteiger partial charge in [-0.15, -0.1) is 23.7 Å². The van der Waals surface area contributed by atoms with Crippen molar-refractivity contribution in [3.8, 4) is 0 Å². The van der Waals surface area contributed by atoms with Crippen LogP contribution in [-0.4, -0.2) is 43.5 Å². The Morgan fingerprint density at radius 1 is 1.57 bits per heavy atom. The highest BCUT2D eigenvalue weighted by atomic mass is 35.5. The summed E-state index contributed by atoms with van der Waals surface area (Å²) in [5.74, 6) is 0.147. The van der Waals surface area contributed by atoms with Crippen molar-refractivity contribution in [3.63, 3.8) is 0 Å². The highest BCUT2D eigenvalue weighted by Crippen LogP contribution is 2.35. The van der Waals surface area contributed by atoms with Crippen molar-refractivity contribution in [1.82, 2.24) is 15.5 Å². The number of hydrogen-bond acceptors (Lipinski definition) is 4. The fourth-order valence-corrected chi connectivity index (χ4v) is 4.14. The van der Waals surface area contributed by atoms with Gasteiger partial charge >= 0.3 is 0 Å². The summed E-state index contributed by atoms with van der Waals surface area (Å²) >= 11 is 1.69. The van der Waals surface area contributed by atoms with Gasteiger partial charge in [0.05, 0.1) is 12.6 Å². The molecule has 3 rings (SSSR count). The molecule has 4 nitrogen and oxygen atoms in total. The molecule has 1 aromatic rings. The average molecular weight is 330 g/mol. The van der Waals surface area contributed by atoms with Gasteiger partial charge in [0.2, 0.25) is 5.91 Å². The Balaban J connectivity index is 0.00000161. The van der Waals surface area contributed by atoms with Crippen LogP contribution >= 0.6 is 23.7 Å². The molecule has 0 bridgehead atoms. The van der Waals surface area contributed by atoms with Crippen LogP contribution in [0.3, 0.4) is 0 Å². The predicted molar refractivity (Wildman–Crippen MR) is 89.1 cm³/mol. The molecule has 2 unspecified atom stereocenters. The number of carbonyl (C=O) groups is 1. The number of rotatable bonds is 4. The second kappa shape index (κ2) is 7.09. The molecule has 1 aromatic heterocycles. The molecule has 2 saturated heterocycles. The van der Waals surface area contributed by atoms with E-state index in [0.717, 1.165) is 26.2 Å². The van der Waals surface area contributed by atoms with E-state index >= 15 is 0 Å². The topological polar surface area (TPSA) is 44.4 Å². The van der Waals surface area contributed by atoms with Crippen molar-refractivity contribution in [2.45, 2.75) is 25.8 Å². The molecular formula is C15H24ClN3OS. The molecule has 2 aliphatic rings. The Bertz CT molecular complexity index is 459. The molecule has 1 amide bonds. The zero-order valence-electron chi connectivity index (χ0n) is 12.4. The van der Waals surface area contributed by atoms with Crippen LogP contribution in [0.2, 0.25) is 0 Å². The summed E-state index contributed by atoms with van der Waals surface area (Å²) in [6.07, 6.45) is 2.49. The third kappa shape index (κ3) is 3.97. The molecule has 21 heavy (non-hydrogen) atoms. The van der Waals surface area contributed by atoms with Gasteiger partial charge in [0, 0.05) is 18.0 Å². The zero-order chi connectivity index (χ0) is 14.0. The second-order valence-corrected chi connectivity index (χ2v) is 7.17. The van der Waals surface area contributed by atoms with Crippen molar-refractivity contribution in [1.29, 1.82) is 0 Å². The van der Waals surface area contributed by atoms with Gasteiger partial charge in [-0.1, -0.05) is 6.07 Å². The van der Waals surface area contributed by atoms with E-state index in [-0.39, 0.29) is 24.4 Å². The van der Waals surface area contributed by atoms with E-state index in [1.807, 2.05) is 6.07 Å². The molecule has 118 valence electrons. The summed E-state index contributed by atoms with van der Waals surface area (Å²) in [4.78, 5) is 15.7.